The summed E-state index contributed by atoms with van der Waals surface area (Å²) in [7, 11) is 0. The summed E-state index contributed by atoms with van der Waals surface area (Å²) in [5.74, 6) is 0.965. The van der Waals surface area contributed by atoms with E-state index in [4.69, 9.17) is 11.6 Å². The van der Waals surface area contributed by atoms with Crippen LogP contribution in [-0.4, -0.2) is 4.83 Å². The predicted molar refractivity (Wildman–Crippen MR) is 69.7 cm³/mol. The number of hydrogen-bond donors (Lipinski definition) is 0. The Morgan fingerprint density at radius 2 is 2.19 bits per heavy atom. The maximum Gasteiger partial charge on any atom is 0.127 e. The molecule has 0 N–H and O–H groups in total. The van der Waals surface area contributed by atoms with Crippen LogP contribution in [0.15, 0.2) is 18.2 Å². The number of rotatable bonds is 2. The van der Waals surface area contributed by atoms with Crippen LogP contribution in [-0.2, 0) is 6.42 Å². The van der Waals surface area contributed by atoms with E-state index in [9.17, 15) is 4.39 Å². The van der Waals surface area contributed by atoms with Crippen molar-refractivity contribution in [1.82, 2.24) is 0 Å². The first kappa shape index (κ1) is 12.4. The summed E-state index contributed by atoms with van der Waals surface area (Å²) in [6, 6.07) is 4.92. The second-order valence-corrected chi connectivity index (χ2v) is 6.20. The zero-order chi connectivity index (χ0) is 11.7. The Morgan fingerprint density at radius 1 is 1.44 bits per heavy atom. The first-order valence-electron chi connectivity index (χ1n) is 5.66. The summed E-state index contributed by atoms with van der Waals surface area (Å²) in [5.41, 5.74) is 0.683. The first-order chi connectivity index (χ1) is 7.59. The van der Waals surface area contributed by atoms with Gasteiger partial charge in [-0.3, -0.25) is 0 Å². The van der Waals surface area contributed by atoms with Crippen LogP contribution in [0.3, 0.4) is 0 Å². The SMILES string of the molecule is CC1C(Br)CCC1Cc1c(F)cccc1Cl. The van der Waals surface area contributed by atoms with E-state index in [0.717, 1.165) is 12.8 Å². The normalized spacial score (nSPS) is 29.6. The average molecular weight is 306 g/mol. The van der Waals surface area contributed by atoms with Gasteiger partial charge >= 0.3 is 0 Å². The van der Waals surface area contributed by atoms with E-state index in [1.807, 2.05) is 0 Å². The molecule has 0 aromatic heterocycles. The molecule has 88 valence electrons. The summed E-state index contributed by atoms with van der Waals surface area (Å²) in [6.07, 6.45) is 3.09. The van der Waals surface area contributed by atoms with Gasteiger partial charge in [0.05, 0.1) is 0 Å². The lowest BCUT2D eigenvalue weighted by Gasteiger charge is -2.18. The van der Waals surface area contributed by atoms with Crippen LogP contribution in [0.4, 0.5) is 4.39 Å². The van der Waals surface area contributed by atoms with Gasteiger partial charge in [0.2, 0.25) is 0 Å². The minimum absolute atomic E-state index is 0.169. The largest absolute Gasteiger partial charge is 0.207 e. The third-order valence-electron chi connectivity index (χ3n) is 3.66. The first-order valence-corrected chi connectivity index (χ1v) is 6.96. The van der Waals surface area contributed by atoms with Crippen molar-refractivity contribution < 1.29 is 4.39 Å². The second-order valence-electron chi connectivity index (χ2n) is 4.62. The molecule has 1 aromatic carbocycles. The summed E-state index contributed by atoms with van der Waals surface area (Å²) < 4.78 is 13.6. The van der Waals surface area contributed by atoms with Gasteiger partial charge in [0.25, 0.3) is 0 Å². The van der Waals surface area contributed by atoms with E-state index in [0.29, 0.717) is 27.2 Å². The number of benzene rings is 1. The molecule has 1 fully saturated rings. The summed E-state index contributed by atoms with van der Waals surface area (Å²) in [6.45, 7) is 2.23. The average Bonchev–Trinajstić information content (AvgIpc) is 2.55. The van der Waals surface area contributed by atoms with Gasteiger partial charge in [-0.1, -0.05) is 40.5 Å². The Morgan fingerprint density at radius 3 is 2.75 bits per heavy atom. The van der Waals surface area contributed by atoms with Gasteiger partial charge in [0.1, 0.15) is 5.82 Å². The molecule has 1 aromatic rings. The predicted octanol–water partition coefficient (Wildman–Crippen LogP) is 4.83. The highest BCUT2D eigenvalue weighted by atomic mass is 79.9. The highest BCUT2D eigenvalue weighted by Crippen LogP contribution is 2.39. The van der Waals surface area contributed by atoms with Crippen molar-refractivity contribution >= 4 is 27.5 Å². The molecule has 1 aliphatic carbocycles. The Hall–Kier alpha value is -0.0800. The van der Waals surface area contributed by atoms with Gasteiger partial charge in [-0.25, -0.2) is 4.39 Å². The lowest BCUT2D eigenvalue weighted by molar-refractivity contribution is 0.416. The fraction of sp³-hybridized carbons (Fsp3) is 0.538. The van der Waals surface area contributed by atoms with E-state index in [1.54, 1.807) is 12.1 Å². The summed E-state index contributed by atoms with van der Waals surface area (Å²) >= 11 is 9.71. The molecule has 0 aliphatic heterocycles. The molecule has 0 amide bonds. The topological polar surface area (TPSA) is 0 Å². The zero-order valence-corrected chi connectivity index (χ0v) is 11.6. The van der Waals surface area contributed by atoms with Crippen LogP contribution in [0.1, 0.15) is 25.3 Å². The van der Waals surface area contributed by atoms with Crippen LogP contribution in [0, 0.1) is 17.7 Å². The van der Waals surface area contributed by atoms with Crippen molar-refractivity contribution in [1.29, 1.82) is 0 Å². The Kier molecular flexibility index (Phi) is 3.91. The molecule has 16 heavy (non-hydrogen) atoms. The third kappa shape index (κ3) is 2.43. The summed E-state index contributed by atoms with van der Waals surface area (Å²) in [4.78, 5) is 0.572. The van der Waals surface area contributed by atoms with Crippen molar-refractivity contribution in [2.75, 3.05) is 0 Å². The highest BCUT2D eigenvalue weighted by molar-refractivity contribution is 9.09. The molecule has 0 bridgehead atoms. The van der Waals surface area contributed by atoms with Gasteiger partial charge in [-0.15, -0.1) is 0 Å². The van der Waals surface area contributed by atoms with Crippen LogP contribution in [0.25, 0.3) is 0 Å². The fourth-order valence-electron chi connectivity index (χ4n) is 2.47. The smallest absolute Gasteiger partial charge is 0.127 e. The molecule has 0 heterocycles. The molecule has 0 radical (unpaired) electrons. The molecule has 0 nitrogen and oxygen atoms in total. The maximum absolute atomic E-state index is 13.6. The number of alkyl halides is 1. The van der Waals surface area contributed by atoms with E-state index >= 15 is 0 Å². The van der Waals surface area contributed by atoms with Crippen molar-refractivity contribution in [2.24, 2.45) is 11.8 Å². The molecule has 1 saturated carbocycles. The Bertz CT molecular complexity index is 360. The van der Waals surface area contributed by atoms with E-state index in [2.05, 4.69) is 22.9 Å². The highest BCUT2D eigenvalue weighted by Gasteiger charge is 2.31. The van der Waals surface area contributed by atoms with Gasteiger partial charge in [0, 0.05) is 15.4 Å². The fourth-order valence-corrected chi connectivity index (χ4v) is 3.41. The molecule has 3 heteroatoms. The van der Waals surface area contributed by atoms with Crippen LogP contribution >= 0.6 is 27.5 Å². The quantitative estimate of drug-likeness (QED) is 0.686. The standard InChI is InChI=1S/C13H15BrClF/c1-8-9(5-6-11(8)14)7-10-12(15)3-2-4-13(10)16/h2-4,8-9,11H,5-7H2,1H3. The number of halogens is 3. The molecule has 3 unspecified atom stereocenters. The minimum Gasteiger partial charge on any atom is -0.207 e. The monoisotopic (exact) mass is 304 g/mol. The molecular formula is C13H15BrClF. The van der Waals surface area contributed by atoms with Crippen molar-refractivity contribution in [3.63, 3.8) is 0 Å². The van der Waals surface area contributed by atoms with Gasteiger partial charge in [-0.2, -0.15) is 0 Å². The van der Waals surface area contributed by atoms with E-state index in [-0.39, 0.29) is 5.82 Å². The van der Waals surface area contributed by atoms with Crippen molar-refractivity contribution in [3.8, 4) is 0 Å². The lowest BCUT2D eigenvalue weighted by Crippen LogP contribution is -2.13. The Labute approximate surface area is 109 Å². The van der Waals surface area contributed by atoms with Crippen LogP contribution in [0.2, 0.25) is 5.02 Å². The van der Waals surface area contributed by atoms with Gasteiger partial charge in [-0.05, 0) is 43.2 Å². The molecule has 2 rings (SSSR count). The molecule has 1 aliphatic rings. The lowest BCUT2D eigenvalue weighted by atomic mass is 9.91. The number of hydrogen-bond acceptors (Lipinski definition) is 0. The third-order valence-corrected chi connectivity index (χ3v) is 5.30. The van der Waals surface area contributed by atoms with Gasteiger partial charge in [0.15, 0.2) is 0 Å². The molecule has 3 atom stereocenters. The van der Waals surface area contributed by atoms with Gasteiger partial charge < -0.3 is 0 Å². The van der Waals surface area contributed by atoms with Crippen molar-refractivity contribution in [3.05, 3.63) is 34.6 Å². The zero-order valence-electron chi connectivity index (χ0n) is 9.22. The van der Waals surface area contributed by atoms with E-state index < -0.39 is 0 Å². The second kappa shape index (κ2) is 5.05. The van der Waals surface area contributed by atoms with E-state index in [1.165, 1.54) is 12.5 Å². The minimum atomic E-state index is -0.169. The summed E-state index contributed by atoms with van der Waals surface area (Å²) in [5, 5.41) is 0.560. The maximum atomic E-state index is 13.6. The molecule has 0 spiro atoms. The molecule has 0 saturated heterocycles. The Balaban J connectivity index is 2.15. The van der Waals surface area contributed by atoms with Crippen LogP contribution < -0.4 is 0 Å². The van der Waals surface area contributed by atoms with Crippen molar-refractivity contribution in [2.45, 2.75) is 31.0 Å². The molecular weight excluding hydrogens is 290 g/mol. The van der Waals surface area contributed by atoms with Crippen LogP contribution in [0.5, 0.6) is 0 Å².